The van der Waals surface area contributed by atoms with Crippen LogP contribution in [0.15, 0.2) is 47.4 Å². The molecule has 1 fully saturated rings. The average molecular weight is 455 g/mol. The van der Waals surface area contributed by atoms with Gasteiger partial charge in [0, 0.05) is 26.2 Å². The van der Waals surface area contributed by atoms with E-state index >= 15 is 0 Å². The van der Waals surface area contributed by atoms with E-state index in [-0.39, 0.29) is 36.1 Å². The zero-order valence-electron chi connectivity index (χ0n) is 16.2. The molecule has 0 saturated carbocycles. The molecule has 1 amide bonds. The molecule has 0 atom stereocenters. The fourth-order valence-corrected chi connectivity index (χ4v) is 4.68. The lowest BCUT2D eigenvalue weighted by molar-refractivity contribution is -0.135. The summed E-state index contributed by atoms with van der Waals surface area (Å²) in [5.74, 6) is -2.37. The van der Waals surface area contributed by atoms with Crippen LogP contribution in [0.4, 0.5) is 4.39 Å². The second-order valence-electron chi connectivity index (χ2n) is 6.77. The van der Waals surface area contributed by atoms with Gasteiger partial charge in [0.1, 0.15) is 11.4 Å². The molecule has 1 aliphatic rings. The molecule has 1 heterocycles. The van der Waals surface area contributed by atoms with Gasteiger partial charge in [-0.25, -0.2) is 17.6 Å². The number of hydrogen-bond acceptors (Lipinski definition) is 5. The molecule has 0 aliphatic carbocycles. The molecular weight excluding hydrogens is 435 g/mol. The van der Waals surface area contributed by atoms with Crippen molar-refractivity contribution in [1.29, 1.82) is 0 Å². The van der Waals surface area contributed by atoms with E-state index in [9.17, 15) is 22.4 Å². The van der Waals surface area contributed by atoms with E-state index in [0.717, 1.165) is 11.6 Å². The second kappa shape index (κ2) is 9.11. The third kappa shape index (κ3) is 4.80. The maximum Gasteiger partial charge on any atom is 0.343 e. The largest absolute Gasteiger partial charge is 0.452 e. The smallest absolute Gasteiger partial charge is 0.343 e. The van der Waals surface area contributed by atoms with Gasteiger partial charge in [0.25, 0.3) is 5.91 Å². The van der Waals surface area contributed by atoms with E-state index in [1.807, 2.05) is 6.92 Å². The number of carbonyl (C=O) groups is 2. The first-order chi connectivity index (χ1) is 14.2. The number of piperazine rings is 1. The maximum absolute atomic E-state index is 13.8. The van der Waals surface area contributed by atoms with Crippen molar-refractivity contribution < 1.29 is 27.1 Å². The summed E-state index contributed by atoms with van der Waals surface area (Å²) in [6.45, 7) is 1.83. The monoisotopic (exact) mass is 454 g/mol. The lowest BCUT2D eigenvalue weighted by Gasteiger charge is -2.33. The molecule has 0 N–H and O–H groups in total. The van der Waals surface area contributed by atoms with Gasteiger partial charge in [-0.05, 0) is 31.2 Å². The van der Waals surface area contributed by atoms with Crippen LogP contribution in [0.25, 0.3) is 0 Å². The van der Waals surface area contributed by atoms with Crippen LogP contribution in [0.5, 0.6) is 0 Å². The molecule has 1 saturated heterocycles. The van der Waals surface area contributed by atoms with Crippen LogP contribution in [0, 0.1) is 12.7 Å². The number of esters is 1. The summed E-state index contributed by atoms with van der Waals surface area (Å²) in [6, 6.07) is 10.3. The number of rotatable bonds is 5. The van der Waals surface area contributed by atoms with Crippen LogP contribution in [0.2, 0.25) is 5.02 Å². The molecule has 10 heteroatoms. The van der Waals surface area contributed by atoms with Gasteiger partial charge in [-0.15, -0.1) is 0 Å². The van der Waals surface area contributed by atoms with E-state index in [1.165, 1.54) is 21.3 Å². The highest BCUT2D eigenvalue weighted by atomic mass is 35.5. The Labute approximate surface area is 179 Å². The number of benzene rings is 2. The van der Waals surface area contributed by atoms with Gasteiger partial charge in [0.05, 0.1) is 9.92 Å². The summed E-state index contributed by atoms with van der Waals surface area (Å²) in [7, 11) is -3.65. The molecule has 2 aromatic carbocycles. The lowest BCUT2D eigenvalue weighted by atomic mass is 10.2. The predicted molar refractivity (Wildman–Crippen MR) is 108 cm³/mol. The first kappa shape index (κ1) is 22.2. The van der Waals surface area contributed by atoms with Gasteiger partial charge in [0.15, 0.2) is 6.61 Å². The first-order valence-corrected chi connectivity index (χ1v) is 11.0. The number of amides is 1. The Morgan fingerprint density at radius 1 is 1.07 bits per heavy atom. The molecule has 7 nitrogen and oxygen atoms in total. The first-order valence-electron chi connectivity index (χ1n) is 9.16. The fourth-order valence-electron chi connectivity index (χ4n) is 3.02. The van der Waals surface area contributed by atoms with E-state index in [0.29, 0.717) is 0 Å². The molecule has 0 spiro atoms. The zero-order chi connectivity index (χ0) is 21.9. The molecule has 0 unspecified atom stereocenters. The van der Waals surface area contributed by atoms with Gasteiger partial charge in [-0.1, -0.05) is 35.4 Å². The molecule has 0 radical (unpaired) electrons. The normalized spacial score (nSPS) is 15.1. The maximum atomic E-state index is 13.8. The number of ether oxygens (including phenoxy) is 1. The van der Waals surface area contributed by atoms with Crippen molar-refractivity contribution in [1.82, 2.24) is 9.21 Å². The van der Waals surface area contributed by atoms with Gasteiger partial charge in [-0.3, -0.25) is 4.79 Å². The van der Waals surface area contributed by atoms with Crippen LogP contribution >= 0.6 is 11.6 Å². The van der Waals surface area contributed by atoms with Crippen LogP contribution in [0.3, 0.4) is 0 Å². The quantitative estimate of drug-likeness (QED) is 0.648. The Balaban J connectivity index is 1.55. The zero-order valence-corrected chi connectivity index (χ0v) is 17.7. The molecule has 30 heavy (non-hydrogen) atoms. The standard InChI is InChI=1S/C20H20ClFN2O5S/c1-14-5-7-15(8-6-14)30(27,28)24-11-9-23(10-12-24)18(25)13-29-20(26)19-16(21)3-2-4-17(19)22/h2-8H,9-13H2,1H3. The van der Waals surface area contributed by atoms with E-state index in [4.69, 9.17) is 16.3 Å². The highest BCUT2D eigenvalue weighted by Gasteiger charge is 2.30. The van der Waals surface area contributed by atoms with Crippen LogP contribution < -0.4 is 0 Å². The summed E-state index contributed by atoms with van der Waals surface area (Å²) in [5.41, 5.74) is 0.525. The SMILES string of the molecule is Cc1ccc(S(=O)(=O)N2CCN(C(=O)COC(=O)c3c(F)cccc3Cl)CC2)cc1. The number of aryl methyl sites for hydroxylation is 1. The minimum Gasteiger partial charge on any atom is -0.452 e. The van der Waals surface area contributed by atoms with E-state index < -0.39 is 39.9 Å². The Kier molecular flexibility index (Phi) is 6.74. The molecule has 2 aromatic rings. The third-order valence-corrected chi connectivity index (χ3v) is 6.97. The molecule has 3 rings (SSSR count). The second-order valence-corrected chi connectivity index (χ2v) is 9.12. The van der Waals surface area contributed by atoms with Crippen molar-refractivity contribution in [3.05, 3.63) is 64.4 Å². The van der Waals surface area contributed by atoms with Crippen LogP contribution in [0.1, 0.15) is 15.9 Å². The minimum atomic E-state index is -3.65. The number of carbonyl (C=O) groups excluding carboxylic acids is 2. The summed E-state index contributed by atoms with van der Waals surface area (Å²) in [6.07, 6.45) is 0. The van der Waals surface area contributed by atoms with Crippen molar-refractivity contribution >= 4 is 33.5 Å². The lowest BCUT2D eigenvalue weighted by Crippen LogP contribution is -2.51. The van der Waals surface area contributed by atoms with Crippen molar-refractivity contribution in [3.63, 3.8) is 0 Å². The van der Waals surface area contributed by atoms with Crippen molar-refractivity contribution in [2.24, 2.45) is 0 Å². The van der Waals surface area contributed by atoms with E-state index in [2.05, 4.69) is 0 Å². The Bertz CT molecular complexity index is 1030. The highest BCUT2D eigenvalue weighted by molar-refractivity contribution is 7.89. The molecule has 0 bridgehead atoms. The number of halogens is 2. The molecule has 1 aliphatic heterocycles. The van der Waals surface area contributed by atoms with Crippen molar-refractivity contribution in [3.8, 4) is 0 Å². The van der Waals surface area contributed by atoms with Crippen molar-refractivity contribution in [2.45, 2.75) is 11.8 Å². The molecular formula is C20H20ClFN2O5S. The van der Waals surface area contributed by atoms with Crippen molar-refractivity contribution in [2.75, 3.05) is 32.8 Å². The summed E-state index contributed by atoms with van der Waals surface area (Å²) in [4.78, 5) is 26.0. The number of sulfonamides is 1. The topological polar surface area (TPSA) is 84.0 Å². The van der Waals surface area contributed by atoms with E-state index in [1.54, 1.807) is 24.3 Å². The number of nitrogens with zero attached hydrogens (tertiary/aromatic N) is 2. The Morgan fingerprint density at radius 3 is 2.30 bits per heavy atom. The van der Waals surface area contributed by atoms with Crippen LogP contribution in [-0.2, 0) is 19.6 Å². The summed E-state index contributed by atoms with van der Waals surface area (Å²) >= 11 is 5.81. The fraction of sp³-hybridized carbons (Fsp3) is 0.300. The molecule has 0 aromatic heterocycles. The Hall–Kier alpha value is -2.49. The third-order valence-electron chi connectivity index (χ3n) is 4.74. The van der Waals surface area contributed by atoms with Crippen LogP contribution in [-0.4, -0.2) is 62.3 Å². The predicted octanol–water partition coefficient (Wildman–Crippen LogP) is 2.48. The minimum absolute atomic E-state index is 0.109. The van der Waals surface area contributed by atoms with Gasteiger partial charge >= 0.3 is 5.97 Å². The Morgan fingerprint density at radius 2 is 1.70 bits per heavy atom. The number of hydrogen-bond donors (Lipinski definition) is 0. The summed E-state index contributed by atoms with van der Waals surface area (Å²) in [5, 5.41) is -0.109. The summed E-state index contributed by atoms with van der Waals surface area (Å²) < 4.78 is 45.4. The van der Waals surface area contributed by atoms with Gasteiger partial charge in [0.2, 0.25) is 10.0 Å². The average Bonchev–Trinajstić information content (AvgIpc) is 2.72. The molecule has 160 valence electrons. The highest BCUT2D eigenvalue weighted by Crippen LogP contribution is 2.20. The van der Waals surface area contributed by atoms with Gasteiger partial charge < -0.3 is 9.64 Å². The van der Waals surface area contributed by atoms with Gasteiger partial charge in [-0.2, -0.15) is 4.31 Å².